The highest BCUT2D eigenvalue weighted by Crippen LogP contribution is 2.26. The van der Waals surface area contributed by atoms with Crippen LogP contribution in [0.15, 0.2) is 18.2 Å². The molecule has 1 heterocycles. The van der Waals surface area contributed by atoms with Gasteiger partial charge in [-0.15, -0.1) is 0 Å². The Morgan fingerprint density at radius 2 is 2.00 bits per heavy atom. The predicted octanol–water partition coefficient (Wildman–Crippen LogP) is 3.20. The molecule has 16 heavy (non-hydrogen) atoms. The fourth-order valence-corrected chi connectivity index (χ4v) is 2.92. The number of fused-ring (bicyclic) bond motifs is 1. The molecule has 1 aromatic carbocycles. The summed E-state index contributed by atoms with van der Waals surface area (Å²) in [4.78, 5) is 3.12. The van der Waals surface area contributed by atoms with Crippen LogP contribution in [0.4, 0.5) is 0 Å². The summed E-state index contributed by atoms with van der Waals surface area (Å²) >= 11 is 5.98. The van der Waals surface area contributed by atoms with E-state index in [1.807, 2.05) is 13.0 Å². The molecule has 0 aliphatic carbocycles. The van der Waals surface area contributed by atoms with E-state index in [0.29, 0.717) is 10.6 Å². The van der Waals surface area contributed by atoms with Crippen LogP contribution >= 0.6 is 22.3 Å². The molecule has 0 saturated heterocycles. The van der Waals surface area contributed by atoms with Crippen molar-refractivity contribution in [1.82, 2.24) is 4.98 Å². The van der Waals surface area contributed by atoms with Crippen molar-refractivity contribution in [3.8, 4) is 0 Å². The molecule has 1 aromatic heterocycles. The molecule has 0 aliphatic rings. The first-order valence-electron chi connectivity index (χ1n) is 4.55. The largest absolute Gasteiger partial charge is 0.359 e. The summed E-state index contributed by atoms with van der Waals surface area (Å²) in [6, 6.07) is 5.39. The van der Waals surface area contributed by atoms with Crippen molar-refractivity contribution in [2.75, 3.05) is 0 Å². The number of benzene rings is 1. The highest BCUT2D eigenvalue weighted by molar-refractivity contribution is 8.13. The van der Waals surface area contributed by atoms with Crippen molar-refractivity contribution in [3.05, 3.63) is 34.5 Å². The minimum Gasteiger partial charge on any atom is -0.359 e. The second-order valence-electron chi connectivity index (χ2n) is 3.67. The summed E-state index contributed by atoms with van der Waals surface area (Å²) < 4.78 is 22.0. The lowest BCUT2D eigenvalue weighted by Gasteiger charge is -2.02. The highest BCUT2D eigenvalue weighted by atomic mass is 35.7. The van der Waals surface area contributed by atoms with Crippen LogP contribution in [-0.4, -0.2) is 13.4 Å². The zero-order chi connectivity index (χ0) is 11.9. The molecule has 0 fully saturated rings. The van der Waals surface area contributed by atoms with Gasteiger partial charge in [-0.2, -0.15) is 0 Å². The molecule has 0 unspecified atom stereocenters. The van der Waals surface area contributed by atoms with Gasteiger partial charge in [0.25, 0.3) is 0 Å². The van der Waals surface area contributed by atoms with E-state index in [9.17, 15) is 8.42 Å². The van der Waals surface area contributed by atoms with Crippen LogP contribution in [0.5, 0.6) is 0 Å². The maximum atomic E-state index is 11.0. The van der Waals surface area contributed by atoms with Crippen LogP contribution in [0.25, 0.3) is 10.9 Å². The zero-order valence-corrected chi connectivity index (χ0v) is 10.7. The Labute approximate surface area is 103 Å². The summed E-state index contributed by atoms with van der Waals surface area (Å²) in [5, 5.41) is 1.37. The van der Waals surface area contributed by atoms with Gasteiger partial charge in [-0.3, -0.25) is 0 Å². The Kier molecular flexibility index (Phi) is 2.90. The van der Waals surface area contributed by atoms with Gasteiger partial charge < -0.3 is 4.98 Å². The van der Waals surface area contributed by atoms with Crippen molar-refractivity contribution < 1.29 is 8.42 Å². The van der Waals surface area contributed by atoms with E-state index in [2.05, 4.69) is 4.98 Å². The molecule has 0 radical (unpaired) electrons. The molecule has 3 nitrogen and oxygen atoms in total. The average molecular weight is 278 g/mol. The zero-order valence-electron chi connectivity index (χ0n) is 8.42. The third-order valence-electron chi connectivity index (χ3n) is 2.25. The normalized spacial score (nSPS) is 12.2. The van der Waals surface area contributed by atoms with E-state index < -0.39 is 9.05 Å². The fourth-order valence-electron chi connectivity index (χ4n) is 1.64. The van der Waals surface area contributed by atoms with Gasteiger partial charge in [0.15, 0.2) is 0 Å². The van der Waals surface area contributed by atoms with Crippen molar-refractivity contribution in [2.45, 2.75) is 12.7 Å². The quantitative estimate of drug-likeness (QED) is 0.857. The van der Waals surface area contributed by atoms with Gasteiger partial charge in [0, 0.05) is 32.3 Å². The molecule has 0 saturated carbocycles. The minimum absolute atomic E-state index is 0.263. The van der Waals surface area contributed by atoms with Crippen LogP contribution < -0.4 is 0 Å². The molecule has 1 N–H and O–H groups in total. The monoisotopic (exact) mass is 277 g/mol. The molecule has 0 bridgehead atoms. The third kappa shape index (κ3) is 2.51. The molecule has 0 spiro atoms. The van der Waals surface area contributed by atoms with Crippen LogP contribution in [-0.2, 0) is 14.8 Å². The molecule has 0 aliphatic heterocycles. The van der Waals surface area contributed by atoms with Gasteiger partial charge in [0.05, 0.1) is 5.75 Å². The summed E-state index contributed by atoms with van der Waals surface area (Å²) in [6.07, 6.45) is 0. The summed E-state index contributed by atoms with van der Waals surface area (Å²) in [7, 11) is 1.61. The van der Waals surface area contributed by atoms with Gasteiger partial charge >= 0.3 is 0 Å². The highest BCUT2D eigenvalue weighted by Gasteiger charge is 2.12. The second-order valence-corrected chi connectivity index (χ2v) is 6.85. The molecule has 86 valence electrons. The number of rotatable bonds is 2. The first kappa shape index (κ1) is 11.8. The maximum Gasteiger partial charge on any atom is 0.236 e. The van der Waals surface area contributed by atoms with E-state index in [1.54, 1.807) is 12.1 Å². The van der Waals surface area contributed by atoms with Crippen molar-refractivity contribution in [3.63, 3.8) is 0 Å². The predicted molar refractivity (Wildman–Crippen MR) is 66.5 cm³/mol. The van der Waals surface area contributed by atoms with E-state index >= 15 is 0 Å². The molecule has 0 amide bonds. The first-order valence-corrected chi connectivity index (χ1v) is 7.41. The summed E-state index contributed by atoms with van der Waals surface area (Å²) in [5.41, 5.74) is 2.36. The molecule has 2 aromatic rings. The first-order chi connectivity index (χ1) is 7.35. The maximum absolute atomic E-state index is 11.0. The van der Waals surface area contributed by atoms with E-state index in [4.69, 9.17) is 22.3 Å². The Balaban J connectivity index is 2.58. The van der Waals surface area contributed by atoms with Crippen molar-refractivity contribution in [1.29, 1.82) is 0 Å². The molecule has 2 rings (SSSR count). The summed E-state index contributed by atoms with van der Waals surface area (Å²) in [5.74, 6) is -0.263. The van der Waals surface area contributed by atoms with Crippen LogP contribution in [0, 0.1) is 6.92 Å². The number of aromatic amines is 1. The molecular weight excluding hydrogens is 269 g/mol. The third-order valence-corrected chi connectivity index (χ3v) is 3.59. The van der Waals surface area contributed by atoms with Gasteiger partial charge in [0.1, 0.15) is 0 Å². The van der Waals surface area contributed by atoms with Gasteiger partial charge in [-0.1, -0.05) is 11.6 Å². The SMILES string of the molecule is Cc1cc2cc(Cl)c(CS(=O)(=O)Cl)cc2[nH]1. The number of H-pyrrole nitrogens is 1. The van der Waals surface area contributed by atoms with Crippen molar-refractivity contribution in [2.24, 2.45) is 0 Å². The Bertz CT molecular complexity index is 646. The Hall–Kier alpha value is -0.710. The number of nitrogens with one attached hydrogen (secondary N) is 1. The average Bonchev–Trinajstić information content (AvgIpc) is 2.42. The van der Waals surface area contributed by atoms with Crippen LogP contribution in [0.2, 0.25) is 5.02 Å². The number of aryl methyl sites for hydroxylation is 1. The minimum atomic E-state index is -3.59. The van der Waals surface area contributed by atoms with Gasteiger partial charge in [-0.25, -0.2) is 8.42 Å². The lowest BCUT2D eigenvalue weighted by atomic mass is 10.2. The molecular formula is C10H9Cl2NO2S. The topological polar surface area (TPSA) is 49.9 Å². The smallest absolute Gasteiger partial charge is 0.236 e. The van der Waals surface area contributed by atoms with E-state index in [-0.39, 0.29) is 5.75 Å². The number of halogens is 2. The lowest BCUT2D eigenvalue weighted by Crippen LogP contribution is -1.95. The van der Waals surface area contributed by atoms with Crippen LogP contribution in [0.3, 0.4) is 0 Å². The molecule has 0 atom stereocenters. The number of aromatic nitrogens is 1. The van der Waals surface area contributed by atoms with Crippen LogP contribution in [0.1, 0.15) is 11.3 Å². The van der Waals surface area contributed by atoms with Gasteiger partial charge in [-0.05, 0) is 30.7 Å². The van der Waals surface area contributed by atoms with Crippen molar-refractivity contribution >= 4 is 42.2 Å². The standard InChI is InChI=1S/C10H9Cl2NO2S/c1-6-2-7-3-9(11)8(4-10(7)13-6)5-16(12,14)15/h2-4,13H,5H2,1H3. The van der Waals surface area contributed by atoms with E-state index in [1.165, 1.54) is 0 Å². The number of hydrogen-bond acceptors (Lipinski definition) is 2. The lowest BCUT2D eigenvalue weighted by molar-refractivity contribution is 0.609. The summed E-state index contributed by atoms with van der Waals surface area (Å²) in [6.45, 7) is 1.92. The van der Waals surface area contributed by atoms with E-state index in [0.717, 1.165) is 16.6 Å². The Morgan fingerprint density at radius 1 is 1.31 bits per heavy atom. The fraction of sp³-hybridized carbons (Fsp3) is 0.200. The Morgan fingerprint density at radius 3 is 2.62 bits per heavy atom. The molecule has 6 heteroatoms. The second kappa shape index (κ2) is 3.95. The van der Waals surface area contributed by atoms with Gasteiger partial charge in [0.2, 0.25) is 9.05 Å². The number of hydrogen-bond donors (Lipinski definition) is 1.